The first kappa shape index (κ1) is 16.3. The number of aliphatic hydroxyl groups is 1. The van der Waals surface area contributed by atoms with Crippen molar-refractivity contribution in [1.82, 2.24) is 10.6 Å². The van der Waals surface area contributed by atoms with Crippen molar-refractivity contribution in [2.45, 2.75) is 31.9 Å². The van der Waals surface area contributed by atoms with Gasteiger partial charge in [-0.15, -0.1) is 0 Å². The third-order valence-electron chi connectivity index (χ3n) is 3.90. The molecule has 0 spiro atoms. The summed E-state index contributed by atoms with van der Waals surface area (Å²) in [6.07, 6.45) is 1.92. The molecule has 22 heavy (non-hydrogen) atoms. The minimum Gasteiger partial charge on any atom is -0.496 e. The lowest BCUT2D eigenvalue weighted by atomic mass is 10.0. The van der Waals surface area contributed by atoms with Crippen LogP contribution in [0.5, 0.6) is 5.75 Å². The van der Waals surface area contributed by atoms with Gasteiger partial charge in [-0.3, -0.25) is 9.59 Å². The molecule has 6 heteroatoms. The van der Waals surface area contributed by atoms with Crippen molar-refractivity contribution in [2.75, 3.05) is 13.7 Å². The average Bonchev–Trinajstić information content (AvgIpc) is 3.35. The van der Waals surface area contributed by atoms with Crippen molar-refractivity contribution < 1.29 is 19.4 Å². The molecule has 1 aromatic rings. The summed E-state index contributed by atoms with van der Waals surface area (Å²) in [6.45, 7) is 1.96. The summed E-state index contributed by atoms with van der Waals surface area (Å²) in [6, 6.07) is 7.26. The van der Waals surface area contributed by atoms with Crippen LogP contribution in [0, 0.1) is 5.92 Å². The van der Waals surface area contributed by atoms with E-state index in [0.717, 1.165) is 18.4 Å². The summed E-state index contributed by atoms with van der Waals surface area (Å²) in [5.41, 5.74) is -0.158. The van der Waals surface area contributed by atoms with Crippen LogP contribution < -0.4 is 15.4 Å². The fourth-order valence-electron chi connectivity index (χ4n) is 2.29. The van der Waals surface area contributed by atoms with Crippen LogP contribution in [-0.2, 0) is 16.1 Å². The number of carbonyl (C=O) groups is 2. The number of hydrogen-bond acceptors (Lipinski definition) is 4. The van der Waals surface area contributed by atoms with E-state index in [1.54, 1.807) is 20.1 Å². The SMILES string of the molecule is COc1ccccc1CNC(=O)C(=O)NC[C@](C)(O)C1CC1. The molecule has 1 atom stereocenters. The molecule has 2 amide bonds. The van der Waals surface area contributed by atoms with Gasteiger partial charge in [-0.1, -0.05) is 18.2 Å². The van der Waals surface area contributed by atoms with Gasteiger partial charge in [0.05, 0.1) is 12.7 Å². The number of carbonyl (C=O) groups excluding carboxylic acids is 2. The lowest BCUT2D eigenvalue weighted by Crippen LogP contribution is -2.47. The van der Waals surface area contributed by atoms with Crippen LogP contribution >= 0.6 is 0 Å². The van der Waals surface area contributed by atoms with E-state index < -0.39 is 17.4 Å². The first-order valence-corrected chi connectivity index (χ1v) is 7.34. The third-order valence-corrected chi connectivity index (χ3v) is 3.90. The largest absolute Gasteiger partial charge is 0.496 e. The molecule has 0 bridgehead atoms. The Morgan fingerprint density at radius 1 is 1.27 bits per heavy atom. The molecule has 1 saturated carbocycles. The van der Waals surface area contributed by atoms with Crippen LogP contribution in [-0.4, -0.2) is 36.2 Å². The minimum absolute atomic E-state index is 0.0819. The molecule has 0 aromatic heterocycles. The van der Waals surface area contributed by atoms with E-state index in [4.69, 9.17) is 4.74 Å². The normalized spacial score (nSPS) is 16.5. The van der Waals surface area contributed by atoms with Crippen molar-refractivity contribution in [3.63, 3.8) is 0 Å². The van der Waals surface area contributed by atoms with E-state index in [1.807, 2.05) is 18.2 Å². The summed E-state index contributed by atoms with van der Waals surface area (Å²) >= 11 is 0. The van der Waals surface area contributed by atoms with Gasteiger partial charge in [0.2, 0.25) is 0 Å². The summed E-state index contributed by atoms with van der Waals surface area (Å²) in [5, 5.41) is 15.1. The maximum absolute atomic E-state index is 11.8. The quantitative estimate of drug-likeness (QED) is 0.671. The molecule has 1 aliphatic carbocycles. The minimum atomic E-state index is -0.946. The Balaban J connectivity index is 1.80. The van der Waals surface area contributed by atoms with Crippen molar-refractivity contribution >= 4 is 11.8 Å². The number of methoxy groups -OCH3 is 1. The Labute approximate surface area is 129 Å². The molecule has 6 nitrogen and oxygen atoms in total. The monoisotopic (exact) mass is 306 g/mol. The lowest BCUT2D eigenvalue weighted by Gasteiger charge is -2.22. The zero-order chi connectivity index (χ0) is 16.2. The highest BCUT2D eigenvalue weighted by atomic mass is 16.5. The van der Waals surface area contributed by atoms with Gasteiger partial charge in [0.25, 0.3) is 0 Å². The molecule has 0 aliphatic heterocycles. The second-order valence-electron chi connectivity index (χ2n) is 5.81. The number of para-hydroxylation sites is 1. The fraction of sp³-hybridized carbons (Fsp3) is 0.500. The molecule has 0 heterocycles. The number of amides is 2. The van der Waals surface area contributed by atoms with Gasteiger partial charge in [-0.2, -0.15) is 0 Å². The van der Waals surface area contributed by atoms with E-state index in [0.29, 0.717) is 5.75 Å². The molecule has 1 aromatic carbocycles. The summed E-state index contributed by atoms with van der Waals surface area (Å²) < 4.78 is 5.18. The lowest BCUT2D eigenvalue weighted by molar-refractivity contribution is -0.140. The standard InChI is InChI=1S/C16H22N2O4/c1-16(21,12-7-8-12)10-18-15(20)14(19)17-9-11-5-3-4-6-13(11)22-2/h3-6,12,21H,7-10H2,1-2H3,(H,17,19)(H,18,20)/t16-/m0/s1. The van der Waals surface area contributed by atoms with E-state index in [2.05, 4.69) is 10.6 Å². The van der Waals surface area contributed by atoms with E-state index >= 15 is 0 Å². The second-order valence-corrected chi connectivity index (χ2v) is 5.81. The van der Waals surface area contributed by atoms with Crippen molar-refractivity contribution in [3.8, 4) is 5.75 Å². The number of benzene rings is 1. The average molecular weight is 306 g/mol. The molecule has 0 radical (unpaired) electrons. The van der Waals surface area contributed by atoms with Crippen LogP contribution in [0.4, 0.5) is 0 Å². The molecule has 2 rings (SSSR count). The number of rotatable bonds is 6. The third kappa shape index (κ3) is 4.21. The van der Waals surface area contributed by atoms with Crippen molar-refractivity contribution in [3.05, 3.63) is 29.8 Å². The molecule has 120 valence electrons. The van der Waals surface area contributed by atoms with Crippen molar-refractivity contribution in [2.24, 2.45) is 5.92 Å². The number of nitrogens with one attached hydrogen (secondary N) is 2. The second kappa shape index (κ2) is 6.79. The highest BCUT2D eigenvalue weighted by Gasteiger charge is 2.40. The molecular formula is C16H22N2O4. The Kier molecular flexibility index (Phi) is 5.03. The topological polar surface area (TPSA) is 87.7 Å². The Morgan fingerprint density at radius 2 is 1.91 bits per heavy atom. The fourth-order valence-corrected chi connectivity index (χ4v) is 2.29. The molecule has 1 aliphatic rings. The zero-order valence-corrected chi connectivity index (χ0v) is 12.9. The predicted molar refractivity (Wildman–Crippen MR) is 81.2 cm³/mol. The first-order valence-electron chi connectivity index (χ1n) is 7.34. The van der Waals surface area contributed by atoms with E-state index in [9.17, 15) is 14.7 Å². The molecule has 1 fully saturated rings. The zero-order valence-electron chi connectivity index (χ0n) is 12.9. The van der Waals surface area contributed by atoms with E-state index in [1.165, 1.54) is 0 Å². The Bertz CT molecular complexity index is 553. The Morgan fingerprint density at radius 3 is 2.55 bits per heavy atom. The summed E-state index contributed by atoms with van der Waals surface area (Å²) in [7, 11) is 1.55. The molecule has 3 N–H and O–H groups in total. The van der Waals surface area contributed by atoms with Gasteiger partial charge in [0, 0.05) is 18.7 Å². The number of hydrogen-bond donors (Lipinski definition) is 3. The van der Waals surface area contributed by atoms with Gasteiger partial charge in [0.15, 0.2) is 0 Å². The van der Waals surface area contributed by atoms with Gasteiger partial charge < -0.3 is 20.5 Å². The van der Waals surface area contributed by atoms with Crippen LogP contribution in [0.1, 0.15) is 25.3 Å². The van der Waals surface area contributed by atoms with Gasteiger partial charge in [-0.25, -0.2) is 0 Å². The van der Waals surface area contributed by atoms with Gasteiger partial charge in [0.1, 0.15) is 5.75 Å². The Hall–Kier alpha value is -2.08. The predicted octanol–water partition coefficient (Wildman–Crippen LogP) is 0.589. The highest BCUT2D eigenvalue weighted by Crippen LogP contribution is 2.38. The molecular weight excluding hydrogens is 284 g/mol. The van der Waals surface area contributed by atoms with Crippen LogP contribution in [0.2, 0.25) is 0 Å². The van der Waals surface area contributed by atoms with Gasteiger partial charge >= 0.3 is 11.8 Å². The summed E-state index contributed by atoms with van der Waals surface area (Å²) in [4.78, 5) is 23.5. The molecule has 0 unspecified atom stereocenters. The van der Waals surface area contributed by atoms with Crippen LogP contribution in [0.3, 0.4) is 0 Å². The summed E-state index contributed by atoms with van der Waals surface area (Å²) in [5.74, 6) is -0.599. The number of ether oxygens (including phenoxy) is 1. The van der Waals surface area contributed by atoms with Crippen LogP contribution in [0.25, 0.3) is 0 Å². The van der Waals surface area contributed by atoms with Crippen molar-refractivity contribution in [1.29, 1.82) is 0 Å². The maximum Gasteiger partial charge on any atom is 0.309 e. The van der Waals surface area contributed by atoms with Crippen LogP contribution in [0.15, 0.2) is 24.3 Å². The first-order chi connectivity index (χ1) is 10.4. The maximum atomic E-state index is 11.8. The smallest absolute Gasteiger partial charge is 0.309 e. The van der Waals surface area contributed by atoms with E-state index in [-0.39, 0.29) is 19.0 Å². The highest BCUT2D eigenvalue weighted by molar-refractivity contribution is 6.35. The van der Waals surface area contributed by atoms with Gasteiger partial charge in [-0.05, 0) is 31.7 Å². The molecule has 0 saturated heterocycles.